The summed E-state index contributed by atoms with van der Waals surface area (Å²) in [5.74, 6) is -0.239. The van der Waals surface area contributed by atoms with Crippen molar-refractivity contribution in [3.05, 3.63) is 35.6 Å². The van der Waals surface area contributed by atoms with Crippen molar-refractivity contribution in [2.75, 3.05) is 13.2 Å². The molecule has 15 heavy (non-hydrogen) atoms. The highest BCUT2D eigenvalue weighted by Gasteiger charge is 2.30. The Morgan fingerprint density at radius 1 is 1.27 bits per heavy atom. The molecule has 1 aromatic carbocycles. The van der Waals surface area contributed by atoms with Crippen molar-refractivity contribution in [1.82, 2.24) is 0 Å². The van der Waals surface area contributed by atoms with Gasteiger partial charge in [-0.25, -0.2) is 4.39 Å². The molecule has 1 aromatic rings. The smallest absolute Gasteiger partial charge is 0.126 e. The van der Waals surface area contributed by atoms with E-state index < -0.39 is 5.60 Å². The van der Waals surface area contributed by atoms with E-state index >= 15 is 0 Å². The molecular weight excluding hydrogens is 195 g/mol. The number of halogens is 1. The maximum absolute atomic E-state index is 13.4. The van der Waals surface area contributed by atoms with E-state index in [0.717, 1.165) is 0 Å². The van der Waals surface area contributed by atoms with Crippen molar-refractivity contribution in [3.8, 4) is 0 Å². The first-order valence-corrected chi connectivity index (χ1v) is 5.23. The molecule has 82 valence electrons. The van der Waals surface area contributed by atoms with Crippen LogP contribution in [0, 0.1) is 5.82 Å². The Kier molecular flexibility index (Phi) is 3.03. The van der Waals surface area contributed by atoms with Gasteiger partial charge in [-0.15, -0.1) is 0 Å². The Hall–Kier alpha value is -0.930. The van der Waals surface area contributed by atoms with Crippen LogP contribution in [0.25, 0.3) is 0 Å². The highest BCUT2D eigenvalue weighted by Crippen LogP contribution is 2.25. The Morgan fingerprint density at radius 2 is 1.93 bits per heavy atom. The summed E-state index contributed by atoms with van der Waals surface area (Å²) in [4.78, 5) is 0. The van der Waals surface area contributed by atoms with Crippen LogP contribution in [0.15, 0.2) is 24.3 Å². The molecule has 0 aliphatic carbocycles. The van der Waals surface area contributed by atoms with E-state index in [1.165, 1.54) is 6.07 Å². The van der Waals surface area contributed by atoms with Gasteiger partial charge in [-0.1, -0.05) is 18.2 Å². The second-order valence-electron chi connectivity index (χ2n) is 4.10. The molecule has 1 N–H and O–H groups in total. The summed E-state index contributed by atoms with van der Waals surface area (Å²) in [5.41, 5.74) is -0.206. The highest BCUT2D eigenvalue weighted by molar-refractivity contribution is 5.19. The highest BCUT2D eigenvalue weighted by atomic mass is 19.1. The average molecular weight is 210 g/mol. The summed E-state index contributed by atoms with van der Waals surface area (Å²) in [6, 6.07) is 6.61. The first kappa shape index (κ1) is 10.6. The van der Waals surface area contributed by atoms with E-state index in [1.54, 1.807) is 18.2 Å². The Morgan fingerprint density at radius 3 is 2.60 bits per heavy atom. The molecule has 1 aliphatic heterocycles. The van der Waals surface area contributed by atoms with E-state index in [2.05, 4.69) is 0 Å². The lowest BCUT2D eigenvalue weighted by Crippen LogP contribution is -2.38. The fraction of sp³-hybridized carbons (Fsp3) is 0.500. The molecule has 0 amide bonds. The molecular formula is C12H15FO2. The van der Waals surface area contributed by atoms with Crippen molar-refractivity contribution in [2.45, 2.75) is 24.9 Å². The molecule has 0 spiro atoms. The van der Waals surface area contributed by atoms with E-state index in [1.807, 2.05) is 0 Å². The van der Waals surface area contributed by atoms with Crippen molar-refractivity contribution in [1.29, 1.82) is 0 Å². The molecule has 0 saturated carbocycles. The van der Waals surface area contributed by atoms with Gasteiger partial charge in [0.15, 0.2) is 0 Å². The molecule has 1 fully saturated rings. The molecule has 0 unspecified atom stereocenters. The predicted molar refractivity (Wildman–Crippen MR) is 55.1 cm³/mol. The molecule has 1 saturated heterocycles. The third-order valence-corrected chi connectivity index (χ3v) is 2.90. The number of ether oxygens (including phenoxy) is 1. The largest absolute Gasteiger partial charge is 0.389 e. The minimum atomic E-state index is -0.791. The fourth-order valence-electron chi connectivity index (χ4n) is 1.92. The normalized spacial score (nSPS) is 20.1. The second-order valence-corrected chi connectivity index (χ2v) is 4.10. The maximum atomic E-state index is 13.4. The third kappa shape index (κ3) is 2.55. The van der Waals surface area contributed by atoms with E-state index in [9.17, 15) is 9.50 Å². The Balaban J connectivity index is 2.10. The second kappa shape index (κ2) is 4.29. The lowest BCUT2D eigenvalue weighted by Gasteiger charge is -2.32. The molecule has 2 nitrogen and oxygen atoms in total. The van der Waals surface area contributed by atoms with Gasteiger partial charge < -0.3 is 9.84 Å². The minimum Gasteiger partial charge on any atom is -0.389 e. The van der Waals surface area contributed by atoms with Crippen molar-refractivity contribution in [2.24, 2.45) is 0 Å². The quantitative estimate of drug-likeness (QED) is 0.808. The van der Waals surface area contributed by atoms with Crippen LogP contribution in [0.5, 0.6) is 0 Å². The standard InChI is InChI=1S/C12H15FO2/c13-11-4-2-1-3-10(11)9-12(14)5-7-15-8-6-12/h1-4,14H,5-9H2. The van der Waals surface area contributed by atoms with Gasteiger partial charge in [0.25, 0.3) is 0 Å². The summed E-state index contributed by atoms with van der Waals surface area (Å²) in [6.07, 6.45) is 1.55. The fourth-order valence-corrected chi connectivity index (χ4v) is 1.92. The molecule has 1 aliphatic rings. The third-order valence-electron chi connectivity index (χ3n) is 2.90. The van der Waals surface area contributed by atoms with Crippen molar-refractivity contribution >= 4 is 0 Å². The van der Waals surface area contributed by atoms with Crippen LogP contribution >= 0.6 is 0 Å². The number of aliphatic hydroxyl groups is 1. The van der Waals surface area contributed by atoms with Crippen molar-refractivity contribution in [3.63, 3.8) is 0 Å². The summed E-state index contributed by atoms with van der Waals surface area (Å²) >= 11 is 0. The minimum absolute atomic E-state index is 0.239. The van der Waals surface area contributed by atoms with Gasteiger partial charge >= 0.3 is 0 Å². The van der Waals surface area contributed by atoms with Crippen LogP contribution in [-0.2, 0) is 11.2 Å². The first-order valence-electron chi connectivity index (χ1n) is 5.23. The maximum Gasteiger partial charge on any atom is 0.126 e. The predicted octanol–water partition coefficient (Wildman–Crippen LogP) is 1.91. The molecule has 1 heterocycles. The van der Waals surface area contributed by atoms with E-state index in [-0.39, 0.29) is 5.82 Å². The monoisotopic (exact) mass is 210 g/mol. The molecule has 0 aromatic heterocycles. The molecule has 3 heteroatoms. The van der Waals surface area contributed by atoms with Crippen LogP contribution in [-0.4, -0.2) is 23.9 Å². The summed E-state index contributed by atoms with van der Waals surface area (Å²) in [7, 11) is 0. The van der Waals surface area contributed by atoms with Gasteiger partial charge in [0, 0.05) is 19.6 Å². The van der Waals surface area contributed by atoms with Crippen LogP contribution in [0.1, 0.15) is 18.4 Å². The number of rotatable bonds is 2. The SMILES string of the molecule is OC1(Cc2ccccc2F)CCOCC1. The first-order chi connectivity index (χ1) is 7.20. The molecule has 0 bridgehead atoms. The van der Waals surface area contributed by atoms with Gasteiger partial charge in [-0.3, -0.25) is 0 Å². The zero-order chi connectivity index (χ0) is 10.7. The Bertz CT molecular complexity index is 332. The topological polar surface area (TPSA) is 29.5 Å². The number of hydrogen-bond donors (Lipinski definition) is 1. The zero-order valence-corrected chi connectivity index (χ0v) is 8.58. The van der Waals surface area contributed by atoms with Gasteiger partial charge in [0.2, 0.25) is 0 Å². The van der Waals surface area contributed by atoms with Crippen LogP contribution < -0.4 is 0 Å². The molecule has 0 radical (unpaired) electrons. The van der Waals surface area contributed by atoms with Gasteiger partial charge in [0.1, 0.15) is 5.82 Å². The number of hydrogen-bond acceptors (Lipinski definition) is 2. The lowest BCUT2D eigenvalue weighted by molar-refractivity contribution is -0.0629. The van der Waals surface area contributed by atoms with Gasteiger partial charge in [-0.2, -0.15) is 0 Å². The van der Waals surface area contributed by atoms with E-state index in [0.29, 0.717) is 38.0 Å². The molecule has 0 atom stereocenters. The summed E-state index contributed by atoms with van der Waals surface area (Å²) in [5, 5.41) is 10.2. The number of benzene rings is 1. The average Bonchev–Trinajstić information content (AvgIpc) is 2.22. The van der Waals surface area contributed by atoms with Gasteiger partial charge in [0.05, 0.1) is 5.60 Å². The summed E-state index contributed by atoms with van der Waals surface area (Å²) in [6.45, 7) is 1.12. The Labute approximate surface area is 88.7 Å². The lowest BCUT2D eigenvalue weighted by atomic mass is 9.87. The summed E-state index contributed by atoms with van der Waals surface area (Å²) < 4.78 is 18.6. The van der Waals surface area contributed by atoms with Crippen LogP contribution in [0.4, 0.5) is 4.39 Å². The van der Waals surface area contributed by atoms with Gasteiger partial charge in [-0.05, 0) is 24.5 Å². The molecule has 2 rings (SSSR count). The van der Waals surface area contributed by atoms with Crippen LogP contribution in [0.3, 0.4) is 0 Å². The van der Waals surface area contributed by atoms with Crippen LogP contribution in [0.2, 0.25) is 0 Å². The zero-order valence-electron chi connectivity index (χ0n) is 8.58. The van der Waals surface area contributed by atoms with Crippen molar-refractivity contribution < 1.29 is 14.2 Å². The van der Waals surface area contributed by atoms with E-state index in [4.69, 9.17) is 4.74 Å².